The van der Waals surface area contributed by atoms with Crippen LogP contribution < -0.4 is 10.5 Å². The summed E-state index contributed by atoms with van der Waals surface area (Å²) in [5.41, 5.74) is 4.83. The van der Waals surface area contributed by atoms with E-state index in [4.69, 9.17) is 5.73 Å². The number of aliphatic hydroxyl groups excluding tert-OH is 1. The third-order valence-electron chi connectivity index (χ3n) is 2.06. The summed E-state index contributed by atoms with van der Waals surface area (Å²) in [7, 11) is 1.31. The van der Waals surface area contributed by atoms with Crippen molar-refractivity contribution in [2.75, 3.05) is 13.7 Å². The predicted octanol–water partition coefficient (Wildman–Crippen LogP) is 1.36. The van der Waals surface area contributed by atoms with Gasteiger partial charge in [0.15, 0.2) is 0 Å². The first kappa shape index (κ1) is 11.9. The maximum absolute atomic E-state index is 13.4. The molecule has 1 unspecified atom stereocenters. The highest BCUT2D eigenvalue weighted by Crippen LogP contribution is 2.26. The molecular formula is C10H13F2NO2. The Hall–Kier alpha value is -1.20. The lowest BCUT2D eigenvalue weighted by Gasteiger charge is -2.12. The van der Waals surface area contributed by atoms with Crippen LogP contribution in [0, 0.1) is 11.6 Å². The molecule has 0 amide bonds. The van der Waals surface area contributed by atoms with E-state index in [1.807, 2.05) is 0 Å². The fourth-order valence-electron chi connectivity index (χ4n) is 1.30. The van der Waals surface area contributed by atoms with Gasteiger partial charge in [-0.2, -0.15) is 0 Å². The van der Waals surface area contributed by atoms with Gasteiger partial charge in [-0.1, -0.05) is 0 Å². The van der Waals surface area contributed by atoms with Crippen LogP contribution in [-0.2, 0) is 0 Å². The molecule has 15 heavy (non-hydrogen) atoms. The lowest BCUT2D eigenvalue weighted by Crippen LogP contribution is -2.10. The lowest BCUT2D eigenvalue weighted by atomic mass is 10.1. The van der Waals surface area contributed by atoms with Crippen molar-refractivity contribution in [2.45, 2.75) is 12.5 Å². The molecule has 0 fully saturated rings. The normalized spacial score (nSPS) is 12.6. The maximum atomic E-state index is 13.4. The second-order valence-electron chi connectivity index (χ2n) is 3.10. The molecule has 1 aromatic rings. The number of aliphatic hydroxyl groups is 1. The molecule has 0 saturated heterocycles. The molecule has 84 valence electrons. The summed E-state index contributed by atoms with van der Waals surface area (Å²) in [6, 6.07) is 2.05. The minimum absolute atomic E-state index is 0.0775. The first-order chi connectivity index (χ1) is 7.10. The van der Waals surface area contributed by atoms with E-state index < -0.39 is 17.7 Å². The number of rotatable bonds is 4. The van der Waals surface area contributed by atoms with Gasteiger partial charge in [0.05, 0.1) is 18.8 Å². The fraction of sp³-hybridized carbons (Fsp3) is 0.400. The van der Waals surface area contributed by atoms with Gasteiger partial charge in [-0.3, -0.25) is 0 Å². The van der Waals surface area contributed by atoms with Crippen LogP contribution in [0.25, 0.3) is 0 Å². The first-order valence-electron chi connectivity index (χ1n) is 4.51. The van der Waals surface area contributed by atoms with Crippen molar-refractivity contribution in [3.63, 3.8) is 0 Å². The molecule has 0 aliphatic heterocycles. The molecule has 0 aliphatic rings. The summed E-state index contributed by atoms with van der Waals surface area (Å²) < 4.78 is 31.4. The molecule has 0 bridgehead atoms. The van der Waals surface area contributed by atoms with E-state index in [9.17, 15) is 13.9 Å². The van der Waals surface area contributed by atoms with Crippen molar-refractivity contribution >= 4 is 0 Å². The summed E-state index contributed by atoms with van der Waals surface area (Å²) in [5, 5.41) is 9.44. The number of benzene rings is 1. The van der Waals surface area contributed by atoms with E-state index in [1.54, 1.807) is 0 Å². The maximum Gasteiger partial charge on any atom is 0.135 e. The van der Waals surface area contributed by atoms with Gasteiger partial charge in [-0.15, -0.1) is 0 Å². The zero-order valence-corrected chi connectivity index (χ0v) is 8.34. The number of halogens is 2. The fourth-order valence-corrected chi connectivity index (χ4v) is 1.30. The third kappa shape index (κ3) is 2.64. The Balaban J connectivity index is 3.07. The van der Waals surface area contributed by atoms with Crippen molar-refractivity contribution in [3.8, 4) is 5.75 Å². The average molecular weight is 217 g/mol. The van der Waals surface area contributed by atoms with E-state index >= 15 is 0 Å². The zero-order chi connectivity index (χ0) is 11.4. The third-order valence-corrected chi connectivity index (χ3v) is 2.06. The van der Waals surface area contributed by atoms with Crippen molar-refractivity contribution in [1.82, 2.24) is 0 Å². The lowest BCUT2D eigenvalue weighted by molar-refractivity contribution is 0.160. The molecule has 0 aromatic heterocycles. The van der Waals surface area contributed by atoms with Crippen LogP contribution in [0.5, 0.6) is 5.75 Å². The molecule has 0 radical (unpaired) electrons. The molecule has 1 aromatic carbocycles. The second kappa shape index (κ2) is 5.04. The molecule has 1 atom stereocenters. The SMILES string of the molecule is COc1cc(F)c(C(O)CCN)c(F)c1. The molecule has 3 nitrogen and oxygen atoms in total. The first-order valence-corrected chi connectivity index (χ1v) is 4.51. The van der Waals surface area contributed by atoms with Crippen molar-refractivity contribution < 1.29 is 18.6 Å². The van der Waals surface area contributed by atoms with Gasteiger partial charge in [0.2, 0.25) is 0 Å². The van der Waals surface area contributed by atoms with E-state index in [0.717, 1.165) is 12.1 Å². The van der Waals surface area contributed by atoms with Crippen molar-refractivity contribution in [1.29, 1.82) is 0 Å². The Morgan fingerprint density at radius 2 is 1.93 bits per heavy atom. The van der Waals surface area contributed by atoms with E-state index in [0.29, 0.717) is 0 Å². The smallest absolute Gasteiger partial charge is 0.135 e. The average Bonchev–Trinajstić information content (AvgIpc) is 2.16. The van der Waals surface area contributed by atoms with Crippen LogP contribution in [0.3, 0.4) is 0 Å². The summed E-state index contributed by atoms with van der Waals surface area (Å²) in [5.74, 6) is -1.57. The van der Waals surface area contributed by atoms with Gasteiger partial charge >= 0.3 is 0 Å². The molecular weight excluding hydrogens is 204 g/mol. The topological polar surface area (TPSA) is 55.5 Å². The second-order valence-corrected chi connectivity index (χ2v) is 3.10. The van der Waals surface area contributed by atoms with E-state index in [-0.39, 0.29) is 24.3 Å². The summed E-state index contributed by atoms with van der Waals surface area (Å²) in [4.78, 5) is 0. The Morgan fingerprint density at radius 3 is 2.33 bits per heavy atom. The van der Waals surface area contributed by atoms with Gasteiger partial charge < -0.3 is 15.6 Å². The summed E-state index contributed by atoms with van der Waals surface area (Å²) >= 11 is 0. The van der Waals surface area contributed by atoms with Crippen LogP contribution in [0.4, 0.5) is 8.78 Å². The van der Waals surface area contributed by atoms with Crippen LogP contribution >= 0.6 is 0 Å². The molecule has 0 spiro atoms. The van der Waals surface area contributed by atoms with Gasteiger partial charge in [-0.25, -0.2) is 8.78 Å². The Bertz CT molecular complexity index is 321. The van der Waals surface area contributed by atoms with E-state index in [1.165, 1.54) is 7.11 Å². The summed E-state index contributed by atoms with van der Waals surface area (Å²) in [6.07, 6.45) is -1.11. The highest BCUT2D eigenvalue weighted by molar-refractivity contribution is 5.31. The Kier molecular flexibility index (Phi) is 3.99. The van der Waals surface area contributed by atoms with Gasteiger partial charge in [0, 0.05) is 12.1 Å². The highest BCUT2D eigenvalue weighted by atomic mass is 19.1. The molecule has 5 heteroatoms. The van der Waals surface area contributed by atoms with Crippen LogP contribution in [0.2, 0.25) is 0 Å². The van der Waals surface area contributed by atoms with Gasteiger partial charge in [-0.05, 0) is 13.0 Å². The number of hydrogen-bond acceptors (Lipinski definition) is 3. The molecule has 0 saturated carbocycles. The Morgan fingerprint density at radius 1 is 1.40 bits per heavy atom. The number of nitrogens with two attached hydrogens (primary N) is 1. The molecule has 0 aliphatic carbocycles. The Labute approximate surface area is 86.5 Å². The number of ether oxygens (including phenoxy) is 1. The van der Waals surface area contributed by atoms with Crippen LogP contribution in [0.15, 0.2) is 12.1 Å². The number of hydrogen-bond donors (Lipinski definition) is 2. The molecule has 3 N–H and O–H groups in total. The van der Waals surface area contributed by atoms with Gasteiger partial charge in [0.25, 0.3) is 0 Å². The standard InChI is InChI=1S/C10H13F2NO2/c1-15-6-4-7(11)10(8(12)5-6)9(14)2-3-13/h4-5,9,14H,2-3,13H2,1H3. The monoisotopic (exact) mass is 217 g/mol. The van der Waals surface area contributed by atoms with Crippen LogP contribution in [0.1, 0.15) is 18.1 Å². The molecule has 1 rings (SSSR count). The largest absolute Gasteiger partial charge is 0.497 e. The zero-order valence-electron chi connectivity index (χ0n) is 8.34. The molecule has 0 heterocycles. The van der Waals surface area contributed by atoms with Crippen LogP contribution in [-0.4, -0.2) is 18.8 Å². The quantitative estimate of drug-likeness (QED) is 0.800. The predicted molar refractivity (Wildman–Crippen MR) is 51.5 cm³/mol. The minimum atomic E-state index is -1.22. The van der Waals surface area contributed by atoms with E-state index in [2.05, 4.69) is 4.74 Å². The minimum Gasteiger partial charge on any atom is -0.497 e. The number of methoxy groups -OCH3 is 1. The highest BCUT2D eigenvalue weighted by Gasteiger charge is 2.18. The van der Waals surface area contributed by atoms with Crippen molar-refractivity contribution in [2.24, 2.45) is 5.73 Å². The summed E-state index contributed by atoms with van der Waals surface area (Å²) in [6.45, 7) is 0.159. The van der Waals surface area contributed by atoms with Crippen molar-refractivity contribution in [3.05, 3.63) is 29.3 Å². The van der Waals surface area contributed by atoms with Gasteiger partial charge in [0.1, 0.15) is 17.4 Å².